The second kappa shape index (κ2) is 8.91. The third-order valence-electron chi connectivity index (χ3n) is 4.25. The summed E-state index contributed by atoms with van der Waals surface area (Å²) in [4.78, 5) is 27.2. The minimum Gasteiger partial charge on any atom is -0.481 e. The monoisotopic (exact) mass is 417 g/mol. The summed E-state index contributed by atoms with van der Waals surface area (Å²) in [7, 11) is 0. The molecule has 0 saturated carbocycles. The van der Waals surface area contributed by atoms with Crippen molar-refractivity contribution in [2.75, 3.05) is 5.32 Å². The Morgan fingerprint density at radius 2 is 1.82 bits per heavy atom. The molecule has 0 aliphatic rings. The highest BCUT2D eigenvalue weighted by Crippen LogP contribution is 2.29. The molecule has 3 aromatic rings. The van der Waals surface area contributed by atoms with Crippen molar-refractivity contribution in [1.82, 2.24) is 10.3 Å². The summed E-state index contributed by atoms with van der Waals surface area (Å²) in [6, 6.07) is 10.2. The molecule has 3 N–H and O–H groups in total. The van der Waals surface area contributed by atoms with Gasteiger partial charge in [-0.3, -0.25) is 9.78 Å². The molecule has 1 heterocycles. The van der Waals surface area contributed by atoms with Crippen LogP contribution in [0.15, 0.2) is 48.8 Å². The molecule has 2 aromatic carbocycles. The molecule has 0 spiro atoms. The first-order chi connectivity index (χ1) is 13.5. The first-order valence-corrected chi connectivity index (χ1v) is 9.26. The van der Waals surface area contributed by atoms with E-state index in [4.69, 9.17) is 28.3 Å². The predicted molar refractivity (Wildman–Crippen MR) is 110 cm³/mol. The van der Waals surface area contributed by atoms with Crippen molar-refractivity contribution in [1.29, 1.82) is 0 Å². The van der Waals surface area contributed by atoms with Crippen LogP contribution in [0.2, 0.25) is 10.0 Å². The molecule has 144 valence electrons. The number of hydrogen-bond donors (Lipinski definition) is 3. The molecule has 0 fully saturated rings. The molecule has 1 aromatic heterocycles. The van der Waals surface area contributed by atoms with Gasteiger partial charge in [0.05, 0.1) is 15.7 Å². The number of hydrogen-bond acceptors (Lipinski definition) is 3. The van der Waals surface area contributed by atoms with Crippen LogP contribution in [0.5, 0.6) is 0 Å². The maximum absolute atomic E-state index is 12.2. The van der Waals surface area contributed by atoms with E-state index in [-0.39, 0.29) is 18.0 Å². The molecule has 6 nitrogen and oxygen atoms in total. The minimum atomic E-state index is -0.843. The Bertz CT molecular complexity index is 1040. The van der Waals surface area contributed by atoms with E-state index < -0.39 is 12.0 Å². The normalized spacial score (nSPS) is 10.6. The van der Waals surface area contributed by atoms with E-state index in [0.29, 0.717) is 17.1 Å². The molecule has 8 heteroatoms. The zero-order chi connectivity index (χ0) is 20.1. The van der Waals surface area contributed by atoms with Gasteiger partial charge in [-0.1, -0.05) is 41.4 Å². The molecule has 2 amide bonds. The molecule has 0 unspecified atom stereocenters. The number of carbonyl (C=O) groups excluding carboxylic acids is 1. The van der Waals surface area contributed by atoms with E-state index in [1.54, 1.807) is 30.6 Å². The van der Waals surface area contributed by atoms with Crippen LogP contribution in [0.3, 0.4) is 0 Å². The smallest absolute Gasteiger partial charge is 0.319 e. The minimum absolute atomic E-state index is 0.0534. The van der Waals surface area contributed by atoms with Gasteiger partial charge in [0, 0.05) is 30.7 Å². The van der Waals surface area contributed by atoms with Crippen LogP contribution in [-0.2, 0) is 17.8 Å². The van der Waals surface area contributed by atoms with E-state index in [0.717, 1.165) is 21.9 Å². The van der Waals surface area contributed by atoms with Crippen molar-refractivity contribution in [2.24, 2.45) is 0 Å². The Balaban J connectivity index is 1.74. The Hall–Kier alpha value is -2.83. The van der Waals surface area contributed by atoms with Gasteiger partial charge in [0.2, 0.25) is 0 Å². The van der Waals surface area contributed by atoms with E-state index in [1.807, 2.05) is 18.2 Å². The van der Waals surface area contributed by atoms with Crippen LogP contribution in [0.1, 0.15) is 17.5 Å². The summed E-state index contributed by atoms with van der Waals surface area (Å²) in [6.45, 7) is 0.269. The van der Waals surface area contributed by atoms with Crippen LogP contribution in [0.4, 0.5) is 10.5 Å². The number of aliphatic carboxylic acids is 1. The van der Waals surface area contributed by atoms with Gasteiger partial charge in [0.15, 0.2) is 0 Å². The third-order valence-corrected chi connectivity index (χ3v) is 5.06. The fraction of sp³-hybridized carbons (Fsp3) is 0.150. The number of pyridine rings is 1. The second-order valence-corrected chi connectivity index (χ2v) is 6.89. The summed E-state index contributed by atoms with van der Waals surface area (Å²) in [5.74, 6) is -0.843. The predicted octanol–water partition coefficient (Wildman–Crippen LogP) is 4.88. The Labute approximate surface area is 171 Å². The molecule has 0 bridgehead atoms. The molecular weight excluding hydrogens is 401 g/mol. The second-order valence-electron chi connectivity index (χ2n) is 6.11. The first kappa shape index (κ1) is 19.9. The topological polar surface area (TPSA) is 91.3 Å². The fourth-order valence-corrected chi connectivity index (χ4v) is 3.21. The van der Waals surface area contributed by atoms with Gasteiger partial charge in [-0.25, -0.2) is 4.79 Å². The number of fused-ring (bicyclic) bond motifs is 1. The Morgan fingerprint density at radius 3 is 2.61 bits per heavy atom. The summed E-state index contributed by atoms with van der Waals surface area (Å²) < 4.78 is 0. The van der Waals surface area contributed by atoms with E-state index >= 15 is 0 Å². The highest BCUT2D eigenvalue weighted by Gasteiger charge is 2.11. The van der Waals surface area contributed by atoms with Gasteiger partial charge in [-0.05, 0) is 41.1 Å². The van der Waals surface area contributed by atoms with Gasteiger partial charge in [-0.2, -0.15) is 0 Å². The Kier molecular flexibility index (Phi) is 6.34. The number of halogens is 2. The molecule has 0 radical (unpaired) electrons. The van der Waals surface area contributed by atoms with Crippen molar-refractivity contribution in [3.05, 3.63) is 70.0 Å². The van der Waals surface area contributed by atoms with Gasteiger partial charge in [-0.15, -0.1) is 0 Å². The molecule has 0 aliphatic carbocycles. The number of benzene rings is 2. The van der Waals surface area contributed by atoms with Gasteiger partial charge >= 0.3 is 12.0 Å². The van der Waals surface area contributed by atoms with Crippen LogP contribution < -0.4 is 10.6 Å². The number of nitrogens with one attached hydrogen (secondary N) is 2. The molecular formula is C20H17Cl2N3O3. The number of carbonyl (C=O) groups is 2. The lowest BCUT2D eigenvalue weighted by Gasteiger charge is -2.13. The maximum Gasteiger partial charge on any atom is 0.319 e. The lowest BCUT2D eigenvalue weighted by Crippen LogP contribution is -2.28. The van der Waals surface area contributed by atoms with Gasteiger partial charge in [0.1, 0.15) is 0 Å². The SMILES string of the molecule is O=C(O)CCc1ccc(CNC(=O)Nc2cccc(Cl)c2Cl)c2cnccc12. The number of carboxylic acid groups (broad SMARTS) is 1. The molecule has 0 aliphatic heterocycles. The summed E-state index contributed by atoms with van der Waals surface area (Å²) in [5, 5.41) is 16.8. The van der Waals surface area contributed by atoms with E-state index in [2.05, 4.69) is 15.6 Å². The van der Waals surface area contributed by atoms with Crippen LogP contribution in [-0.4, -0.2) is 22.1 Å². The van der Waals surface area contributed by atoms with Gasteiger partial charge < -0.3 is 15.7 Å². The standard InChI is InChI=1S/C20H17Cl2N3O3/c21-16-2-1-3-17(19(16)22)25-20(28)24-10-13-5-4-12(6-7-18(26)27)14-8-9-23-11-15(13)14/h1-5,8-9,11H,6-7,10H2,(H,26,27)(H2,24,25,28). The van der Waals surface area contributed by atoms with Crippen molar-refractivity contribution >= 4 is 51.7 Å². The Morgan fingerprint density at radius 1 is 1.04 bits per heavy atom. The number of anilines is 1. The number of urea groups is 1. The molecule has 0 atom stereocenters. The molecule has 0 saturated heterocycles. The quantitative estimate of drug-likeness (QED) is 0.532. The fourth-order valence-electron chi connectivity index (χ4n) is 2.87. The van der Waals surface area contributed by atoms with Crippen molar-refractivity contribution < 1.29 is 14.7 Å². The van der Waals surface area contributed by atoms with E-state index in [1.165, 1.54) is 0 Å². The largest absolute Gasteiger partial charge is 0.481 e. The number of aryl methyl sites for hydroxylation is 1. The number of nitrogens with zero attached hydrogens (tertiary/aromatic N) is 1. The van der Waals surface area contributed by atoms with Crippen LogP contribution in [0.25, 0.3) is 10.8 Å². The van der Waals surface area contributed by atoms with Crippen molar-refractivity contribution in [3.63, 3.8) is 0 Å². The molecule has 28 heavy (non-hydrogen) atoms. The first-order valence-electron chi connectivity index (χ1n) is 8.51. The number of carboxylic acids is 1. The zero-order valence-corrected chi connectivity index (χ0v) is 16.2. The number of amides is 2. The number of aromatic nitrogens is 1. The third kappa shape index (κ3) is 4.71. The summed E-state index contributed by atoms with van der Waals surface area (Å²) in [6.07, 6.45) is 3.86. The van der Waals surface area contributed by atoms with E-state index in [9.17, 15) is 9.59 Å². The zero-order valence-electron chi connectivity index (χ0n) is 14.7. The van der Waals surface area contributed by atoms with Crippen LogP contribution in [0, 0.1) is 0 Å². The average molecular weight is 418 g/mol. The van der Waals surface area contributed by atoms with Crippen molar-refractivity contribution in [3.8, 4) is 0 Å². The average Bonchev–Trinajstić information content (AvgIpc) is 2.68. The van der Waals surface area contributed by atoms with Crippen LogP contribution >= 0.6 is 23.2 Å². The maximum atomic E-state index is 12.2. The van der Waals surface area contributed by atoms with Crippen molar-refractivity contribution in [2.45, 2.75) is 19.4 Å². The number of rotatable bonds is 6. The van der Waals surface area contributed by atoms with Gasteiger partial charge in [0.25, 0.3) is 0 Å². The molecule has 3 rings (SSSR count). The summed E-state index contributed by atoms with van der Waals surface area (Å²) >= 11 is 12.0. The lowest BCUT2D eigenvalue weighted by molar-refractivity contribution is -0.136. The summed E-state index contributed by atoms with van der Waals surface area (Å²) in [5.41, 5.74) is 2.22. The highest BCUT2D eigenvalue weighted by molar-refractivity contribution is 6.43. The highest BCUT2D eigenvalue weighted by atomic mass is 35.5. The lowest BCUT2D eigenvalue weighted by atomic mass is 9.98.